The van der Waals surface area contributed by atoms with Crippen LogP contribution in [0.3, 0.4) is 0 Å². The largest absolute Gasteiger partial charge is 0.338 e. The molecule has 0 aliphatic carbocycles. The van der Waals surface area contributed by atoms with Crippen LogP contribution in [0.4, 0.5) is 0 Å². The second-order valence-corrected chi connectivity index (χ2v) is 6.76. The molecular formula is C14H24N4O. The number of likely N-dealkylation sites (tertiary alicyclic amines) is 1. The summed E-state index contributed by atoms with van der Waals surface area (Å²) in [5.41, 5.74) is 0.209. The van der Waals surface area contributed by atoms with E-state index in [0.29, 0.717) is 5.92 Å². The van der Waals surface area contributed by atoms with Crippen LogP contribution in [-0.2, 0) is 6.54 Å². The van der Waals surface area contributed by atoms with Crippen molar-refractivity contribution in [1.82, 2.24) is 20.4 Å². The van der Waals surface area contributed by atoms with Crippen molar-refractivity contribution in [3.05, 3.63) is 11.7 Å². The van der Waals surface area contributed by atoms with Crippen molar-refractivity contribution in [3.8, 4) is 0 Å². The molecule has 2 saturated heterocycles. The molecule has 0 aromatic carbocycles. The highest BCUT2D eigenvalue weighted by Crippen LogP contribution is 2.41. The molecule has 0 saturated carbocycles. The summed E-state index contributed by atoms with van der Waals surface area (Å²) in [5, 5.41) is 7.56. The van der Waals surface area contributed by atoms with E-state index in [-0.39, 0.29) is 5.54 Å². The zero-order valence-corrected chi connectivity index (χ0v) is 12.3. The van der Waals surface area contributed by atoms with Gasteiger partial charge in [-0.05, 0) is 32.2 Å². The maximum absolute atomic E-state index is 5.38. The standard InChI is InChI=1S/C14H24N4O/c1-9(2)13-16-12(19-17-13)8-18-7-10-5-15-6-11(10)14(18,3)4/h9-11,15H,5-8H2,1-4H3. The maximum atomic E-state index is 5.38. The van der Waals surface area contributed by atoms with Crippen molar-refractivity contribution in [2.45, 2.75) is 45.7 Å². The normalized spacial score (nSPS) is 30.2. The molecule has 2 fully saturated rings. The average molecular weight is 264 g/mol. The SMILES string of the molecule is CC(C)c1noc(CN2CC3CNCC3C2(C)C)n1. The number of nitrogens with one attached hydrogen (secondary N) is 1. The van der Waals surface area contributed by atoms with Crippen molar-refractivity contribution in [3.63, 3.8) is 0 Å². The topological polar surface area (TPSA) is 54.2 Å². The van der Waals surface area contributed by atoms with Gasteiger partial charge in [0.05, 0.1) is 6.54 Å². The summed E-state index contributed by atoms with van der Waals surface area (Å²) < 4.78 is 5.38. The van der Waals surface area contributed by atoms with Crippen LogP contribution in [0.2, 0.25) is 0 Å². The monoisotopic (exact) mass is 264 g/mol. The minimum absolute atomic E-state index is 0.209. The fraction of sp³-hybridized carbons (Fsp3) is 0.857. The molecule has 3 rings (SSSR count). The fourth-order valence-electron chi connectivity index (χ4n) is 3.50. The Labute approximate surface area is 114 Å². The van der Waals surface area contributed by atoms with E-state index < -0.39 is 0 Å². The number of aromatic nitrogens is 2. The predicted octanol–water partition coefficient (Wildman–Crippen LogP) is 1.62. The lowest BCUT2D eigenvalue weighted by Crippen LogP contribution is -2.43. The van der Waals surface area contributed by atoms with Crippen LogP contribution in [0.25, 0.3) is 0 Å². The first-order chi connectivity index (χ1) is 8.98. The van der Waals surface area contributed by atoms with Gasteiger partial charge < -0.3 is 9.84 Å². The van der Waals surface area contributed by atoms with Crippen LogP contribution in [0.5, 0.6) is 0 Å². The summed E-state index contributed by atoms with van der Waals surface area (Å²) in [5.74, 6) is 3.40. The first-order valence-electron chi connectivity index (χ1n) is 7.26. The van der Waals surface area contributed by atoms with Gasteiger partial charge in [-0.25, -0.2) is 0 Å². The van der Waals surface area contributed by atoms with Crippen molar-refractivity contribution >= 4 is 0 Å². The Morgan fingerprint density at radius 1 is 1.42 bits per heavy atom. The summed E-state index contributed by atoms with van der Waals surface area (Å²) in [6.45, 7) is 13.0. The third-order valence-electron chi connectivity index (χ3n) is 4.84. The first kappa shape index (κ1) is 13.1. The Morgan fingerprint density at radius 3 is 2.84 bits per heavy atom. The van der Waals surface area contributed by atoms with Gasteiger partial charge in [0.25, 0.3) is 0 Å². The molecular weight excluding hydrogens is 240 g/mol. The second kappa shape index (κ2) is 4.56. The quantitative estimate of drug-likeness (QED) is 0.899. The zero-order valence-electron chi connectivity index (χ0n) is 12.3. The lowest BCUT2D eigenvalue weighted by atomic mass is 9.85. The van der Waals surface area contributed by atoms with Crippen LogP contribution in [0, 0.1) is 11.8 Å². The third-order valence-corrected chi connectivity index (χ3v) is 4.84. The van der Waals surface area contributed by atoms with Gasteiger partial charge in [0.1, 0.15) is 0 Å². The van der Waals surface area contributed by atoms with Gasteiger partial charge >= 0.3 is 0 Å². The van der Waals surface area contributed by atoms with Gasteiger partial charge in [0, 0.05) is 24.5 Å². The van der Waals surface area contributed by atoms with Gasteiger partial charge in [0.2, 0.25) is 5.89 Å². The number of hydrogen-bond donors (Lipinski definition) is 1. The van der Waals surface area contributed by atoms with E-state index in [1.807, 2.05) is 0 Å². The number of fused-ring (bicyclic) bond motifs is 1. The Kier molecular flexibility index (Phi) is 3.14. The lowest BCUT2D eigenvalue weighted by Gasteiger charge is -2.34. The Morgan fingerprint density at radius 2 is 2.21 bits per heavy atom. The molecule has 2 aliphatic heterocycles. The van der Waals surface area contributed by atoms with Crippen molar-refractivity contribution in [2.75, 3.05) is 19.6 Å². The van der Waals surface area contributed by atoms with E-state index in [4.69, 9.17) is 4.52 Å². The molecule has 2 atom stereocenters. The molecule has 0 bridgehead atoms. The van der Waals surface area contributed by atoms with Crippen molar-refractivity contribution in [1.29, 1.82) is 0 Å². The first-order valence-corrected chi connectivity index (χ1v) is 7.26. The molecule has 1 aromatic rings. The van der Waals surface area contributed by atoms with Gasteiger partial charge in [-0.3, -0.25) is 4.90 Å². The molecule has 106 valence electrons. The third kappa shape index (κ3) is 2.19. The molecule has 0 radical (unpaired) electrons. The van der Waals surface area contributed by atoms with Crippen LogP contribution in [0.1, 0.15) is 45.3 Å². The number of rotatable bonds is 3. The maximum Gasteiger partial charge on any atom is 0.240 e. The van der Waals surface area contributed by atoms with Crippen molar-refractivity contribution in [2.24, 2.45) is 11.8 Å². The van der Waals surface area contributed by atoms with Crippen LogP contribution in [-0.4, -0.2) is 40.2 Å². The Bertz CT molecular complexity index is 454. The molecule has 5 heteroatoms. The second-order valence-electron chi connectivity index (χ2n) is 6.76. The Hall–Kier alpha value is -0.940. The molecule has 1 N–H and O–H groups in total. The molecule has 0 amide bonds. The summed E-state index contributed by atoms with van der Waals surface area (Å²) in [4.78, 5) is 7.00. The van der Waals surface area contributed by atoms with Crippen LogP contribution in [0.15, 0.2) is 4.52 Å². The van der Waals surface area contributed by atoms with E-state index >= 15 is 0 Å². The minimum Gasteiger partial charge on any atom is -0.338 e. The highest BCUT2D eigenvalue weighted by atomic mass is 16.5. The van der Waals surface area contributed by atoms with Crippen LogP contribution >= 0.6 is 0 Å². The number of nitrogens with zero attached hydrogens (tertiary/aromatic N) is 3. The predicted molar refractivity (Wildman–Crippen MR) is 72.7 cm³/mol. The average Bonchev–Trinajstić information content (AvgIpc) is 2.99. The molecule has 2 unspecified atom stereocenters. The van der Waals surface area contributed by atoms with E-state index in [1.165, 1.54) is 0 Å². The summed E-state index contributed by atoms with van der Waals surface area (Å²) in [6.07, 6.45) is 0. The molecule has 2 aliphatic rings. The minimum atomic E-state index is 0.209. The fourth-order valence-corrected chi connectivity index (χ4v) is 3.50. The molecule has 1 aromatic heterocycles. The van der Waals surface area contributed by atoms with Gasteiger partial charge in [0.15, 0.2) is 5.82 Å². The summed E-state index contributed by atoms with van der Waals surface area (Å²) in [7, 11) is 0. The smallest absolute Gasteiger partial charge is 0.240 e. The lowest BCUT2D eigenvalue weighted by molar-refractivity contribution is 0.117. The Balaban J connectivity index is 1.72. The molecule has 0 spiro atoms. The van der Waals surface area contributed by atoms with Gasteiger partial charge in [-0.15, -0.1) is 0 Å². The molecule has 5 nitrogen and oxygen atoms in total. The van der Waals surface area contributed by atoms with E-state index in [2.05, 4.69) is 48.1 Å². The van der Waals surface area contributed by atoms with E-state index in [9.17, 15) is 0 Å². The molecule has 19 heavy (non-hydrogen) atoms. The zero-order chi connectivity index (χ0) is 13.6. The summed E-state index contributed by atoms with van der Waals surface area (Å²) in [6, 6.07) is 0. The van der Waals surface area contributed by atoms with Gasteiger partial charge in [-0.2, -0.15) is 4.98 Å². The molecule has 3 heterocycles. The summed E-state index contributed by atoms with van der Waals surface area (Å²) >= 11 is 0. The van der Waals surface area contributed by atoms with Crippen LogP contribution < -0.4 is 5.32 Å². The highest BCUT2D eigenvalue weighted by Gasteiger charge is 2.49. The van der Waals surface area contributed by atoms with E-state index in [1.54, 1.807) is 0 Å². The van der Waals surface area contributed by atoms with E-state index in [0.717, 1.165) is 49.7 Å². The number of hydrogen-bond acceptors (Lipinski definition) is 5. The highest BCUT2D eigenvalue weighted by molar-refractivity contribution is 5.05. The van der Waals surface area contributed by atoms with Gasteiger partial charge in [-0.1, -0.05) is 19.0 Å². The van der Waals surface area contributed by atoms with Crippen molar-refractivity contribution < 1.29 is 4.52 Å².